The highest BCUT2D eigenvalue weighted by atomic mass is 19.1. The molecule has 0 rings (SSSR count). The second kappa shape index (κ2) is 3.65. The van der Waals surface area contributed by atoms with Crippen molar-refractivity contribution < 1.29 is 9.13 Å². The van der Waals surface area contributed by atoms with Gasteiger partial charge in [-0.05, 0) is 13.8 Å². The van der Waals surface area contributed by atoms with Gasteiger partial charge in [0, 0.05) is 0 Å². The fraction of sp³-hybridized carbons (Fsp3) is 0.600. The summed E-state index contributed by atoms with van der Waals surface area (Å²) in [5.74, 6) is 0. The molecular formula is C5H9FO. The zero-order valence-electron chi connectivity index (χ0n) is 4.52. The zero-order chi connectivity index (χ0) is 5.70. The quantitative estimate of drug-likeness (QED) is 0.486. The summed E-state index contributed by atoms with van der Waals surface area (Å²) in [7, 11) is 0. The van der Waals surface area contributed by atoms with Gasteiger partial charge < -0.3 is 4.74 Å². The molecule has 0 saturated heterocycles. The van der Waals surface area contributed by atoms with Gasteiger partial charge in [-0.1, -0.05) is 0 Å². The van der Waals surface area contributed by atoms with E-state index in [4.69, 9.17) is 0 Å². The second-order valence-electron chi connectivity index (χ2n) is 1.45. The van der Waals surface area contributed by atoms with E-state index < -0.39 is 0 Å². The van der Waals surface area contributed by atoms with Crippen molar-refractivity contribution in [3.05, 3.63) is 12.6 Å². The third-order valence-electron chi connectivity index (χ3n) is 0.402. The van der Waals surface area contributed by atoms with Gasteiger partial charge in [-0.15, -0.1) is 0 Å². The normalized spacial score (nSPS) is 10.9. The first-order valence-corrected chi connectivity index (χ1v) is 2.18. The molecular weight excluding hydrogens is 95.1 g/mol. The molecule has 0 N–H and O–H groups in total. The third-order valence-corrected chi connectivity index (χ3v) is 0.402. The molecule has 0 atom stereocenters. The Kier molecular flexibility index (Phi) is 3.38. The van der Waals surface area contributed by atoms with E-state index in [9.17, 15) is 4.39 Å². The smallest absolute Gasteiger partial charge is 0.121 e. The van der Waals surface area contributed by atoms with Crippen molar-refractivity contribution in [2.24, 2.45) is 0 Å². The molecule has 0 aromatic carbocycles. The molecule has 0 aliphatic rings. The van der Waals surface area contributed by atoms with Gasteiger partial charge in [-0.2, -0.15) is 0 Å². The molecule has 1 nitrogen and oxygen atoms in total. The molecule has 0 aliphatic carbocycles. The van der Waals surface area contributed by atoms with E-state index in [1.54, 1.807) is 0 Å². The van der Waals surface area contributed by atoms with Crippen LogP contribution in [0.25, 0.3) is 0 Å². The Labute approximate surface area is 42.8 Å². The van der Waals surface area contributed by atoms with Crippen molar-refractivity contribution in [3.8, 4) is 0 Å². The van der Waals surface area contributed by atoms with Crippen molar-refractivity contribution in [3.63, 3.8) is 0 Å². The molecule has 0 bridgehead atoms. The number of halogens is 1. The number of rotatable bonds is 2. The molecule has 0 fully saturated rings. The molecule has 0 saturated carbocycles. The standard InChI is InChI=1S/C5H9FO/c1-5(2)7-4-3-6/h3-5H,1-2H3/b4-3+. The first-order valence-electron chi connectivity index (χ1n) is 2.18. The summed E-state index contributed by atoms with van der Waals surface area (Å²) in [5, 5.41) is 0. The molecule has 0 amide bonds. The lowest BCUT2D eigenvalue weighted by molar-refractivity contribution is 0.176. The lowest BCUT2D eigenvalue weighted by Crippen LogP contribution is -1.93. The molecule has 42 valence electrons. The van der Waals surface area contributed by atoms with Crippen LogP contribution in [0.5, 0.6) is 0 Å². The highest BCUT2D eigenvalue weighted by molar-refractivity contribution is 4.58. The van der Waals surface area contributed by atoms with E-state index in [-0.39, 0.29) is 6.10 Å². The van der Waals surface area contributed by atoms with E-state index in [1.165, 1.54) is 0 Å². The van der Waals surface area contributed by atoms with E-state index in [0.29, 0.717) is 6.33 Å². The molecule has 0 heterocycles. The largest absolute Gasteiger partial charge is 0.496 e. The lowest BCUT2D eigenvalue weighted by Gasteiger charge is -1.99. The zero-order valence-corrected chi connectivity index (χ0v) is 4.52. The van der Waals surface area contributed by atoms with E-state index in [2.05, 4.69) is 4.74 Å². The predicted octanol–water partition coefficient (Wildman–Crippen LogP) is 1.85. The topological polar surface area (TPSA) is 9.23 Å². The predicted molar refractivity (Wildman–Crippen MR) is 26.5 cm³/mol. The van der Waals surface area contributed by atoms with Crippen LogP contribution >= 0.6 is 0 Å². The molecule has 2 heteroatoms. The average molecular weight is 104 g/mol. The van der Waals surface area contributed by atoms with Crippen molar-refractivity contribution in [1.82, 2.24) is 0 Å². The maximum atomic E-state index is 11.0. The highest BCUT2D eigenvalue weighted by Crippen LogP contribution is 1.87. The summed E-state index contributed by atoms with van der Waals surface area (Å²) in [6.45, 7) is 3.67. The summed E-state index contributed by atoms with van der Waals surface area (Å²) < 4.78 is 15.7. The van der Waals surface area contributed by atoms with Gasteiger partial charge in [-0.25, -0.2) is 4.39 Å². The van der Waals surface area contributed by atoms with Crippen molar-refractivity contribution in [2.75, 3.05) is 0 Å². The van der Waals surface area contributed by atoms with Crippen LogP contribution in [-0.2, 0) is 4.74 Å². The summed E-state index contributed by atoms with van der Waals surface area (Å²) in [6, 6.07) is 0. The minimum atomic E-state index is 0.0759. The summed E-state index contributed by atoms with van der Waals surface area (Å²) in [6.07, 6.45) is 1.48. The second-order valence-corrected chi connectivity index (χ2v) is 1.45. The monoisotopic (exact) mass is 104 g/mol. The third kappa shape index (κ3) is 5.47. The Morgan fingerprint density at radius 1 is 1.57 bits per heavy atom. The SMILES string of the molecule is CC(C)O/C=C/F. The number of hydrogen-bond acceptors (Lipinski definition) is 1. The van der Waals surface area contributed by atoms with Crippen LogP contribution in [0.4, 0.5) is 4.39 Å². The maximum absolute atomic E-state index is 11.0. The van der Waals surface area contributed by atoms with E-state index >= 15 is 0 Å². The lowest BCUT2D eigenvalue weighted by atomic mass is 10.5. The number of hydrogen-bond donors (Lipinski definition) is 0. The van der Waals surface area contributed by atoms with Crippen molar-refractivity contribution in [1.29, 1.82) is 0 Å². The first kappa shape index (κ1) is 6.47. The van der Waals surface area contributed by atoms with Gasteiger partial charge in [-0.3, -0.25) is 0 Å². The number of ether oxygens (including phenoxy) is 1. The maximum Gasteiger partial charge on any atom is 0.121 e. The molecule has 7 heavy (non-hydrogen) atoms. The molecule has 0 unspecified atom stereocenters. The minimum Gasteiger partial charge on any atom is -0.496 e. The van der Waals surface area contributed by atoms with Crippen LogP contribution < -0.4 is 0 Å². The highest BCUT2D eigenvalue weighted by Gasteiger charge is 1.82. The Balaban J connectivity index is 2.97. The summed E-state index contributed by atoms with van der Waals surface area (Å²) >= 11 is 0. The molecule has 0 radical (unpaired) electrons. The van der Waals surface area contributed by atoms with Crippen LogP contribution in [0, 0.1) is 0 Å². The molecule has 0 aliphatic heterocycles. The summed E-state index contributed by atoms with van der Waals surface area (Å²) in [5.41, 5.74) is 0. The Bertz CT molecular complexity index is 59.1. The van der Waals surface area contributed by atoms with Gasteiger partial charge in [0.15, 0.2) is 0 Å². The Hall–Kier alpha value is -0.530. The molecule has 0 aromatic heterocycles. The fourth-order valence-electron chi connectivity index (χ4n) is 0.187. The van der Waals surface area contributed by atoms with Gasteiger partial charge >= 0.3 is 0 Å². The fourth-order valence-corrected chi connectivity index (χ4v) is 0.187. The first-order chi connectivity index (χ1) is 3.27. The van der Waals surface area contributed by atoms with E-state index in [1.807, 2.05) is 13.8 Å². The molecule has 0 aromatic rings. The minimum absolute atomic E-state index is 0.0759. The van der Waals surface area contributed by atoms with Crippen molar-refractivity contribution >= 4 is 0 Å². The van der Waals surface area contributed by atoms with Crippen molar-refractivity contribution in [2.45, 2.75) is 20.0 Å². The summed E-state index contributed by atoms with van der Waals surface area (Å²) in [4.78, 5) is 0. The van der Waals surface area contributed by atoms with Crippen LogP contribution in [-0.4, -0.2) is 6.10 Å². The van der Waals surface area contributed by atoms with Gasteiger partial charge in [0.25, 0.3) is 0 Å². The Morgan fingerprint density at radius 3 is 2.29 bits per heavy atom. The van der Waals surface area contributed by atoms with Gasteiger partial charge in [0.05, 0.1) is 6.10 Å². The van der Waals surface area contributed by atoms with E-state index in [0.717, 1.165) is 6.26 Å². The van der Waals surface area contributed by atoms with Gasteiger partial charge in [0.2, 0.25) is 0 Å². The van der Waals surface area contributed by atoms with Gasteiger partial charge in [0.1, 0.15) is 12.6 Å². The van der Waals surface area contributed by atoms with Crippen LogP contribution in [0.1, 0.15) is 13.8 Å². The van der Waals surface area contributed by atoms with Crippen LogP contribution in [0.15, 0.2) is 12.6 Å². The molecule has 0 spiro atoms. The van der Waals surface area contributed by atoms with Crippen LogP contribution in [0.2, 0.25) is 0 Å². The average Bonchev–Trinajstić information content (AvgIpc) is 1.61. The Morgan fingerprint density at radius 2 is 2.14 bits per heavy atom. The van der Waals surface area contributed by atoms with Crippen LogP contribution in [0.3, 0.4) is 0 Å².